The number of benzene rings is 1. The van der Waals surface area contributed by atoms with E-state index in [2.05, 4.69) is 10.6 Å². The molecule has 0 aliphatic rings. The number of aliphatic carboxylic acids is 1. The molecule has 0 fully saturated rings. The van der Waals surface area contributed by atoms with Crippen molar-refractivity contribution in [3.63, 3.8) is 0 Å². The number of carboxylic acid groups (broad SMARTS) is 1. The molecule has 9 heteroatoms. The summed E-state index contributed by atoms with van der Waals surface area (Å²) in [5.41, 5.74) is 12.1. The van der Waals surface area contributed by atoms with Gasteiger partial charge in [-0.15, -0.1) is 0 Å². The molecule has 30 heavy (non-hydrogen) atoms. The Kier molecular flexibility index (Phi) is 10.8. The summed E-state index contributed by atoms with van der Waals surface area (Å²) in [7, 11) is 0. The van der Waals surface area contributed by atoms with Gasteiger partial charge >= 0.3 is 5.97 Å². The second-order valence-electron chi connectivity index (χ2n) is 7.53. The van der Waals surface area contributed by atoms with Gasteiger partial charge in [-0.3, -0.25) is 9.59 Å². The van der Waals surface area contributed by atoms with Crippen molar-refractivity contribution >= 4 is 17.8 Å². The van der Waals surface area contributed by atoms with Crippen LogP contribution in [0.1, 0.15) is 45.1 Å². The fourth-order valence-electron chi connectivity index (χ4n) is 2.88. The molecular weight excluding hydrogens is 388 g/mol. The number of carbonyl (C=O) groups excluding carboxylic acids is 2. The van der Waals surface area contributed by atoms with E-state index in [1.807, 2.05) is 13.8 Å². The van der Waals surface area contributed by atoms with Gasteiger partial charge in [-0.25, -0.2) is 4.79 Å². The number of nitrogens with one attached hydrogen (secondary N) is 2. The van der Waals surface area contributed by atoms with Crippen molar-refractivity contribution in [2.45, 2.75) is 64.1 Å². The standard InChI is InChI=1S/C21H34N4O5/c1-3-13(2)18(23)20(28)24-16(6-4-5-11-22)19(27)25-17(21(29)30)12-14-7-9-15(26)10-8-14/h7-10,13,16-18,26H,3-6,11-12,22-23H2,1-2H3,(H,24,28)(H,25,27)(H,29,30)/t13-,16-,17-,18-/m0/s1. The van der Waals surface area contributed by atoms with Gasteiger partial charge in [-0.2, -0.15) is 0 Å². The molecule has 1 aromatic carbocycles. The number of aromatic hydroxyl groups is 1. The molecule has 0 radical (unpaired) electrons. The molecule has 0 unspecified atom stereocenters. The van der Waals surface area contributed by atoms with E-state index in [0.717, 1.165) is 0 Å². The lowest BCUT2D eigenvalue weighted by atomic mass is 9.98. The maximum atomic E-state index is 12.8. The molecule has 2 amide bonds. The minimum Gasteiger partial charge on any atom is -0.508 e. The fourth-order valence-corrected chi connectivity index (χ4v) is 2.88. The van der Waals surface area contributed by atoms with Gasteiger partial charge < -0.3 is 32.3 Å². The Morgan fingerprint density at radius 2 is 1.63 bits per heavy atom. The van der Waals surface area contributed by atoms with Crippen LogP contribution in [-0.4, -0.2) is 52.7 Å². The number of unbranched alkanes of at least 4 members (excludes halogenated alkanes) is 1. The number of amides is 2. The Hall–Kier alpha value is -2.65. The zero-order valence-electron chi connectivity index (χ0n) is 17.6. The highest BCUT2D eigenvalue weighted by molar-refractivity contribution is 5.91. The molecule has 0 saturated carbocycles. The molecular formula is C21H34N4O5. The summed E-state index contributed by atoms with van der Waals surface area (Å²) in [5, 5.41) is 24.1. The van der Waals surface area contributed by atoms with Crippen LogP contribution in [0.15, 0.2) is 24.3 Å². The number of phenols is 1. The van der Waals surface area contributed by atoms with E-state index in [9.17, 15) is 24.6 Å². The smallest absolute Gasteiger partial charge is 0.326 e. The summed E-state index contributed by atoms with van der Waals surface area (Å²) in [6, 6.07) is 3.23. The second kappa shape index (κ2) is 12.8. The van der Waals surface area contributed by atoms with Crippen molar-refractivity contribution in [3.8, 4) is 5.75 Å². The SMILES string of the molecule is CC[C@H](C)[C@H](N)C(=O)N[C@@H](CCCCN)C(=O)N[C@@H](Cc1ccc(O)cc1)C(=O)O. The van der Waals surface area contributed by atoms with Gasteiger partial charge in [0.05, 0.1) is 6.04 Å². The number of phenolic OH excluding ortho intramolecular Hbond substituents is 1. The molecule has 1 rings (SSSR count). The van der Waals surface area contributed by atoms with Gasteiger partial charge in [0.25, 0.3) is 0 Å². The number of carbonyl (C=O) groups is 3. The molecule has 0 spiro atoms. The first-order valence-corrected chi connectivity index (χ1v) is 10.3. The fraction of sp³-hybridized carbons (Fsp3) is 0.571. The molecule has 1 aromatic rings. The monoisotopic (exact) mass is 422 g/mol. The highest BCUT2D eigenvalue weighted by atomic mass is 16.4. The molecule has 0 saturated heterocycles. The lowest BCUT2D eigenvalue weighted by Crippen LogP contribution is -2.55. The van der Waals surface area contributed by atoms with Gasteiger partial charge in [0.15, 0.2) is 0 Å². The predicted octanol–water partition coefficient (Wildman–Crippen LogP) is 0.491. The molecule has 0 aliphatic heterocycles. The number of hydrogen-bond acceptors (Lipinski definition) is 6. The lowest BCUT2D eigenvalue weighted by Gasteiger charge is -2.24. The van der Waals surface area contributed by atoms with Crippen LogP contribution in [0.4, 0.5) is 0 Å². The molecule has 0 bridgehead atoms. The van der Waals surface area contributed by atoms with E-state index in [0.29, 0.717) is 37.8 Å². The van der Waals surface area contributed by atoms with Crippen molar-refractivity contribution in [1.82, 2.24) is 10.6 Å². The highest BCUT2D eigenvalue weighted by Gasteiger charge is 2.29. The number of nitrogens with two attached hydrogens (primary N) is 2. The third-order valence-electron chi connectivity index (χ3n) is 5.13. The maximum absolute atomic E-state index is 12.8. The van der Waals surface area contributed by atoms with E-state index < -0.39 is 35.9 Å². The topological polar surface area (TPSA) is 168 Å². The third-order valence-corrected chi connectivity index (χ3v) is 5.13. The lowest BCUT2D eigenvalue weighted by molar-refractivity contribution is -0.142. The first-order valence-electron chi connectivity index (χ1n) is 10.3. The van der Waals surface area contributed by atoms with E-state index in [1.165, 1.54) is 12.1 Å². The van der Waals surface area contributed by atoms with E-state index in [4.69, 9.17) is 11.5 Å². The minimum absolute atomic E-state index is 0.0389. The van der Waals surface area contributed by atoms with Gasteiger partial charge in [-0.05, 0) is 49.4 Å². The first-order chi connectivity index (χ1) is 14.2. The summed E-state index contributed by atoms with van der Waals surface area (Å²) in [5.74, 6) is -2.21. The first kappa shape index (κ1) is 25.4. The molecule has 4 atom stereocenters. The van der Waals surface area contributed by atoms with Crippen molar-refractivity contribution < 1.29 is 24.6 Å². The third kappa shape index (κ3) is 8.38. The Morgan fingerprint density at radius 1 is 1.03 bits per heavy atom. The van der Waals surface area contributed by atoms with Crippen LogP contribution >= 0.6 is 0 Å². The molecule has 0 aromatic heterocycles. The van der Waals surface area contributed by atoms with E-state index in [1.54, 1.807) is 12.1 Å². The predicted molar refractivity (Wildman–Crippen MR) is 114 cm³/mol. The Labute approximate surface area is 177 Å². The van der Waals surface area contributed by atoms with Gasteiger partial charge in [-0.1, -0.05) is 32.4 Å². The summed E-state index contributed by atoms with van der Waals surface area (Å²) in [6.07, 6.45) is 2.35. The van der Waals surface area contributed by atoms with E-state index in [-0.39, 0.29) is 18.1 Å². The minimum atomic E-state index is -1.19. The molecule has 0 aliphatic carbocycles. The van der Waals surface area contributed by atoms with Gasteiger partial charge in [0.1, 0.15) is 17.8 Å². The molecule has 0 heterocycles. The molecule has 8 N–H and O–H groups in total. The zero-order valence-corrected chi connectivity index (χ0v) is 17.6. The summed E-state index contributed by atoms with van der Waals surface area (Å²) >= 11 is 0. The number of rotatable bonds is 13. The van der Waals surface area contributed by atoms with Gasteiger partial charge in [0, 0.05) is 6.42 Å². The molecule has 9 nitrogen and oxygen atoms in total. The summed E-state index contributed by atoms with van der Waals surface area (Å²) in [6.45, 7) is 4.23. The zero-order chi connectivity index (χ0) is 22.7. The maximum Gasteiger partial charge on any atom is 0.326 e. The van der Waals surface area contributed by atoms with Crippen LogP contribution in [0, 0.1) is 5.92 Å². The quantitative estimate of drug-likeness (QED) is 0.251. The van der Waals surface area contributed by atoms with Crippen molar-refractivity contribution in [2.24, 2.45) is 17.4 Å². The van der Waals surface area contributed by atoms with Crippen LogP contribution in [0.5, 0.6) is 5.75 Å². The highest BCUT2D eigenvalue weighted by Crippen LogP contribution is 2.12. The Morgan fingerprint density at radius 3 is 2.17 bits per heavy atom. The van der Waals surface area contributed by atoms with Crippen LogP contribution in [0.2, 0.25) is 0 Å². The van der Waals surface area contributed by atoms with Crippen molar-refractivity contribution in [2.75, 3.05) is 6.54 Å². The number of hydrogen-bond donors (Lipinski definition) is 6. The van der Waals surface area contributed by atoms with E-state index >= 15 is 0 Å². The Balaban J connectivity index is 2.87. The Bertz CT molecular complexity index is 695. The van der Waals surface area contributed by atoms with Crippen LogP contribution in [0.25, 0.3) is 0 Å². The van der Waals surface area contributed by atoms with Crippen molar-refractivity contribution in [3.05, 3.63) is 29.8 Å². The van der Waals surface area contributed by atoms with Crippen LogP contribution in [0.3, 0.4) is 0 Å². The average Bonchev–Trinajstić information content (AvgIpc) is 2.72. The van der Waals surface area contributed by atoms with Crippen molar-refractivity contribution in [1.29, 1.82) is 0 Å². The molecule has 168 valence electrons. The average molecular weight is 423 g/mol. The number of carboxylic acids is 1. The van der Waals surface area contributed by atoms with Crippen LogP contribution in [-0.2, 0) is 20.8 Å². The van der Waals surface area contributed by atoms with Crippen LogP contribution < -0.4 is 22.1 Å². The second-order valence-corrected chi connectivity index (χ2v) is 7.53. The summed E-state index contributed by atoms with van der Waals surface area (Å²) < 4.78 is 0. The van der Waals surface area contributed by atoms with Gasteiger partial charge in [0.2, 0.25) is 11.8 Å². The normalized spacial score (nSPS) is 14.9. The largest absolute Gasteiger partial charge is 0.508 e. The summed E-state index contributed by atoms with van der Waals surface area (Å²) in [4.78, 5) is 36.9.